The summed E-state index contributed by atoms with van der Waals surface area (Å²) in [7, 11) is 0. The summed E-state index contributed by atoms with van der Waals surface area (Å²) in [5, 5.41) is 11.5. The molecule has 0 saturated carbocycles. The molecule has 142 valence electrons. The second-order valence-electron chi connectivity index (χ2n) is 6.11. The first-order valence-electron chi connectivity index (χ1n) is 8.71. The highest BCUT2D eigenvalue weighted by Gasteiger charge is 2.18. The van der Waals surface area contributed by atoms with Gasteiger partial charge in [0.25, 0.3) is 5.91 Å². The second kappa shape index (κ2) is 9.05. The quantitative estimate of drug-likeness (QED) is 0.741. The largest absolute Gasteiger partial charge is 0.490 e. The van der Waals surface area contributed by atoms with Crippen LogP contribution in [0.25, 0.3) is 0 Å². The molecule has 7 nitrogen and oxygen atoms in total. The zero-order valence-electron chi connectivity index (χ0n) is 14.7. The van der Waals surface area contributed by atoms with Gasteiger partial charge in [0.2, 0.25) is 0 Å². The average Bonchev–Trinajstić information content (AvgIpc) is 3.19. The molecule has 1 amide bonds. The van der Waals surface area contributed by atoms with Gasteiger partial charge in [-0.1, -0.05) is 18.2 Å². The van der Waals surface area contributed by atoms with E-state index in [4.69, 9.17) is 19.3 Å². The van der Waals surface area contributed by atoms with E-state index in [0.717, 1.165) is 19.4 Å². The van der Waals surface area contributed by atoms with Gasteiger partial charge in [-0.15, -0.1) is 0 Å². The minimum Gasteiger partial charge on any atom is -0.490 e. The van der Waals surface area contributed by atoms with Crippen LogP contribution >= 0.6 is 0 Å². The summed E-state index contributed by atoms with van der Waals surface area (Å²) >= 11 is 0. The Kier molecular flexibility index (Phi) is 6.27. The summed E-state index contributed by atoms with van der Waals surface area (Å²) in [6, 6.07) is 13.6. The Morgan fingerprint density at radius 2 is 2.00 bits per heavy atom. The number of hydrogen-bond acceptors (Lipinski definition) is 5. The standard InChI is InChI=1S/C20H21NO6/c22-19(23)13-26-15-6-3-5-14(11-15)21-20(24)17-8-1-2-9-18(17)27-12-16-7-4-10-25-16/h1-3,5-6,8-9,11,16H,4,7,10,12-13H2,(H,21,24)(H,22,23)/t16-/m1/s1. The smallest absolute Gasteiger partial charge is 0.341 e. The third kappa shape index (κ3) is 5.46. The predicted octanol–water partition coefficient (Wildman–Crippen LogP) is 2.96. The summed E-state index contributed by atoms with van der Waals surface area (Å²) in [5.41, 5.74) is 0.907. The lowest BCUT2D eigenvalue weighted by Crippen LogP contribution is -2.19. The normalized spacial score (nSPS) is 15.9. The third-order valence-corrected chi connectivity index (χ3v) is 4.03. The highest BCUT2D eigenvalue weighted by Crippen LogP contribution is 2.23. The molecular weight excluding hydrogens is 350 g/mol. The Labute approximate surface area is 156 Å². The molecule has 1 saturated heterocycles. The molecule has 2 aromatic rings. The Morgan fingerprint density at radius 1 is 1.15 bits per heavy atom. The van der Waals surface area contributed by atoms with Crippen molar-refractivity contribution in [3.8, 4) is 11.5 Å². The molecule has 0 bridgehead atoms. The van der Waals surface area contributed by atoms with Gasteiger partial charge in [-0.25, -0.2) is 4.79 Å². The number of carboxylic acid groups (broad SMARTS) is 1. The SMILES string of the molecule is O=C(O)COc1cccc(NC(=O)c2ccccc2OC[C@H]2CCCO2)c1. The Bertz CT molecular complexity index is 801. The molecule has 0 aromatic heterocycles. The topological polar surface area (TPSA) is 94.1 Å². The first-order valence-corrected chi connectivity index (χ1v) is 8.71. The molecular formula is C20H21NO6. The number of carboxylic acids is 1. The average molecular weight is 371 g/mol. The minimum atomic E-state index is -1.07. The molecule has 1 aliphatic heterocycles. The van der Waals surface area contributed by atoms with E-state index >= 15 is 0 Å². The second-order valence-corrected chi connectivity index (χ2v) is 6.11. The monoisotopic (exact) mass is 371 g/mol. The number of amides is 1. The van der Waals surface area contributed by atoms with Crippen molar-refractivity contribution in [2.24, 2.45) is 0 Å². The molecule has 0 unspecified atom stereocenters. The molecule has 1 atom stereocenters. The van der Waals surface area contributed by atoms with Crippen LogP contribution in [0.1, 0.15) is 23.2 Å². The van der Waals surface area contributed by atoms with Gasteiger partial charge in [0, 0.05) is 18.4 Å². The zero-order chi connectivity index (χ0) is 19.1. The number of carbonyl (C=O) groups is 2. The van der Waals surface area contributed by atoms with E-state index in [1.807, 2.05) is 6.07 Å². The first kappa shape index (κ1) is 18.7. The maximum absolute atomic E-state index is 12.7. The zero-order valence-corrected chi connectivity index (χ0v) is 14.7. The van der Waals surface area contributed by atoms with Crippen molar-refractivity contribution in [1.82, 2.24) is 0 Å². The van der Waals surface area contributed by atoms with Crippen LogP contribution in [-0.4, -0.2) is 42.9 Å². The number of aliphatic carboxylic acids is 1. The lowest BCUT2D eigenvalue weighted by atomic mass is 10.1. The number of ether oxygens (including phenoxy) is 3. The number of benzene rings is 2. The number of anilines is 1. The number of carbonyl (C=O) groups excluding carboxylic acids is 1. The Hall–Kier alpha value is -3.06. The maximum atomic E-state index is 12.7. The van der Waals surface area contributed by atoms with E-state index in [-0.39, 0.29) is 12.0 Å². The van der Waals surface area contributed by atoms with E-state index in [1.165, 1.54) is 0 Å². The molecule has 1 aliphatic rings. The number of hydrogen-bond donors (Lipinski definition) is 2. The van der Waals surface area contributed by atoms with Crippen molar-refractivity contribution in [2.45, 2.75) is 18.9 Å². The summed E-state index contributed by atoms with van der Waals surface area (Å²) in [4.78, 5) is 23.2. The molecule has 0 aliphatic carbocycles. The van der Waals surface area contributed by atoms with Gasteiger partial charge in [0.05, 0.1) is 11.7 Å². The molecule has 27 heavy (non-hydrogen) atoms. The van der Waals surface area contributed by atoms with Crippen molar-refractivity contribution in [2.75, 3.05) is 25.1 Å². The van der Waals surface area contributed by atoms with Crippen molar-refractivity contribution in [3.05, 3.63) is 54.1 Å². The summed E-state index contributed by atoms with van der Waals surface area (Å²) in [6.07, 6.45) is 2.04. The van der Waals surface area contributed by atoms with Gasteiger partial charge >= 0.3 is 5.97 Å². The van der Waals surface area contributed by atoms with Crippen LogP contribution in [-0.2, 0) is 9.53 Å². The molecule has 1 heterocycles. The van der Waals surface area contributed by atoms with Crippen molar-refractivity contribution in [1.29, 1.82) is 0 Å². The molecule has 3 rings (SSSR count). The fourth-order valence-corrected chi connectivity index (χ4v) is 2.75. The van der Waals surface area contributed by atoms with Gasteiger partial charge in [-0.2, -0.15) is 0 Å². The Morgan fingerprint density at radius 3 is 2.78 bits per heavy atom. The molecule has 2 aromatic carbocycles. The van der Waals surface area contributed by atoms with Gasteiger partial charge in [-0.05, 0) is 37.1 Å². The van der Waals surface area contributed by atoms with E-state index in [9.17, 15) is 9.59 Å². The van der Waals surface area contributed by atoms with Gasteiger partial charge in [-0.3, -0.25) is 4.79 Å². The van der Waals surface area contributed by atoms with Crippen LogP contribution in [0.15, 0.2) is 48.5 Å². The summed E-state index contributed by atoms with van der Waals surface area (Å²) in [5.74, 6) is -0.544. The van der Waals surface area contributed by atoms with Gasteiger partial charge in [0.1, 0.15) is 18.1 Å². The lowest BCUT2D eigenvalue weighted by Gasteiger charge is -2.15. The van der Waals surface area contributed by atoms with Crippen LogP contribution in [0, 0.1) is 0 Å². The van der Waals surface area contributed by atoms with Crippen LogP contribution in [0.2, 0.25) is 0 Å². The molecule has 2 N–H and O–H groups in total. The van der Waals surface area contributed by atoms with Crippen LogP contribution in [0.5, 0.6) is 11.5 Å². The van der Waals surface area contributed by atoms with Crippen molar-refractivity contribution < 1.29 is 28.9 Å². The van der Waals surface area contributed by atoms with E-state index in [2.05, 4.69) is 5.32 Å². The highest BCUT2D eigenvalue weighted by atomic mass is 16.5. The third-order valence-electron chi connectivity index (χ3n) is 4.03. The minimum absolute atomic E-state index is 0.0594. The molecule has 0 spiro atoms. The predicted molar refractivity (Wildman–Crippen MR) is 98.4 cm³/mol. The molecule has 7 heteroatoms. The summed E-state index contributed by atoms with van der Waals surface area (Å²) < 4.78 is 16.5. The Balaban J connectivity index is 1.65. The maximum Gasteiger partial charge on any atom is 0.341 e. The first-order chi connectivity index (χ1) is 13.1. The molecule has 1 fully saturated rings. The number of nitrogens with one attached hydrogen (secondary N) is 1. The highest BCUT2D eigenvalue weighted by molar-refractivity contribution is 6.06. The van der Waals surface area contributed by atoms with Crippen LogP contribution in [0.3, 0.4) is 0 Å². The number of rotatable bonds is 8. The van der Waals surface area contributed by atoms with Gasteiger partial charge < -0.3 is 24.6 Å². The van der Waals surface area contributed by atoms with Crippen LogP contribution < -0.4 is 14.8 Å². The molecule has 0 radical (unpaired) electrons. The van der Waals surface area contributed by atoms with Crippen molar-refractivity contribution in [3.63, 3.8) is 0 Å². The van der Waals surface area contributed by atoms with Gasteiger partial charge in [0.15, 0.2) is 6.61 Å². The number of para-hydroxylation sites is 1. The van der Waals surface area contributed by atoms with E-state index < -0.39 is 12.6 Å². The fourth-order valence-electron chi connectivity index (χ4n) is 2.75. The van der Waals surface area contributed by atoms with Crippen LogP contribution in [0.4, 0.5) is 5.69 Å². The fraction of sp³-hybridized carbons (Fsp3) is 0.300. The summed E-state index contributed by atoms with van der Waals surface area (Å²) in [6.45, 7) is 0.705. The van der Waals surface area contributed by atoms with E-state index in [0.29, 0.717) is 29.4 Å². The van der Waals surface area contributed by atoms with Crippen molar-refractivity contribution >= 4 is 17.6 Å². The lowest BCUT2D eigenvalue weighted by molar-refractivity contribution is -0.139. The van der Waals surface area contributed by atoms with E-state index in [1.54, 1.807) is 42.5 Å².